The van der Waals surface area contributed by atoms with Gasteiger partial charge in [-0.3, -0.25) is 4.98 Å². The van der Waals surface area contributed by atoms with Crippen molar-refractivity contribution in [2.75, 3.05) is 0 Å². The fourth-order valence-electron chi connectivity index (χ4n) is 1.23. The van der Waals surface area contributed by atoms with Crippen LogP contribution in [0.25, 0.3) is 11.4 Å². The van der Waals surface area contributed by atoms with Gasteiger partial charge in [0.1, 0.15) is 10.4 Å². The standard InChI is InChI=1S/C10H7BrN4/c11-9-8(1-4-12)14-10(15-9)7-2-5-13-6-3-7/h2-3,5-6H,1H2,(H,14,15). The van der Waals surface area contributed by atoms with Crippen molar-refractivity contribution in [3.63, 3.8) is 0 Å². The molecule has 0 aliphatic rings. The lowest BCUT2D eigenvalue weighted by molar-refractivity contribution is 1.15. The Kier molecular flexibility index (Phi) is 2.79. The first-order valence-electron chi connectivity index (χ1n) is 4.33. The van der Waals surface area contributed by atoms with Crippen LogP contribution in [0.5, 0.6) is 0 Å². The highest BCUT2D eigenvalue weighted by Crippen LogP contribution is 2.21. The summed E-state index contributed by atoms with van der Waals surface area (Å²) in [6.07, 6.45) is 3.73. The zero-order valence-corrected chi connectivity index (χ0v) is 9.32. The summed E-state index contributed by atoms with van der Waals surface area (Å²) in [7, 11) is 0. The Bertz CT molecular complexity index is 498. The number of halogens is 1. The molecule has 2 rings (SSSR count). The third-order valence-electron chi connectivity index (χ3n) is 1.94. The number of nitriles is 1. The molecule has 1 N–H and O–H groups in total. The first-order valence-corrected chi connectivity index (χ1v) is 5.12. The van der Waals surface area contributed by atoms with Crippen LogP contribution in [0.2, 0.25) is 0 Å². The van der Waals surface area contributed by atoms with Crippen molar-refractivity contribution in [3.05, 3.63) is 34.8 Å². The van der Waals surface area contributed by atoms with E-state index < -0.39 is 0 Å². The predicted molar refractivity (Wildman–Crippen MR) is 58.8 cm³/mol. The first kappa shape index (κ1) is 9.87. The maximum Gasteiger partial charge on any atom is 0.139 e. The van der Waals surface area contributed by atoms with Crippen LogP contribution in [0.4, 0.5) is 0 Å². The molecule has 0 saturated heterocycles. The van der Waals surface area contributed by atoms with Crippen LogP contribution in [-0.2, 0) is 6.42 Å². The Morgan fingerprint density at radius 1 is 1.40 bits per heavy atom. The van der Waals surface area contributed by atoms with Gasteiger partial charge in [-0.15, -0.1) is 0 Å². The second-order valence-corrected chi connectivity index (χ2v) is 3.68. The fourth-order valence-corrected chi connectivity index (χ4v) is 1.65. The SMILES string of the molecule is N#CCc1[nH]c(-c2ccncc2)nc1Br. The van der Waals surface area contributed by atoms with Crippen molar-refractivity contribution >= 4 is 15.9 Å². The number of nitrogens with zero attached hydrogens (tertiary/aromatic N) is 3. The minimum Gasteiger partial charge on any atom is -0.340 e. The van der Waals surface area contributed by atoms with Gasteiger partial charge >= 0.3 is 0 Å². The van der Waals surface area contributed by atoms with E-state index in [4.69, 9.17) is 5.26 Å². The number of aromatic nitrogens is 3. The number of H-pyrrole nitrogens is 1. The third-order valence-corrected chi connectivity index (χ3v) is 2.59. The van der Waals surface area contributed by atoms with Gasteiger partial charge < -0.3 is 4.98 Å². The molecule has 0 unspecified atom stereocenters. The molecule has 15 heavy (non-hydrogen) atoms. The molecule has 0 bridgehead atoms. The highest BCUT2D eigenvalue weighted by molar-refractivity contribution is 9.10. The van der Waals surface area contributed by atoms with E-state index >= 15 is 0 Å². The second kappa shape index (κ2) is 4.24. The molecule has 0 spiro atoms. The summed E-state index contributed by atoms with van der Waals surface area (Å²) in [6, 6.07) is 5.80. The van der Waals surface area contributed by atoms with Gasteiger partial charge in [0.15, 0.2) is 0 Å². The van der Waals surface area contributed by atoms with Gasteiger partial charge in [0.2, 0.25) is 0 Å². The van der Waals surface area contributed by atoms with Gasteiger partial charge in [0.05, 0.1) is 18.2 Å². The number of pyridine rings is 1. The minimum atomic E-state index is 0.318. The van der Waals surface area contributed by atoms with Gasteiger partial charge in [0, 0.05) is 18.0 Å². The van der Waals surface area contributed by atoms with E-state index in [-0.39, 0.29) is 0 Å². The topological polar surface area (TPSA) is 65.4 Å². The monoisotopic (exact) mass is 262 g/mol. The number of rotatable bonds is 2. The summed E-state index contributed by atoms with van der Waals surface area (Å²) in [5, 5.41) is 8.60. The summed E-state index contributed by atoms with van der Waals surface area (Å²) < 4.78 is 0.691. The highest BCUT2D eigenvalue weighted by Gasteiger charge is 2.08. The van der Waals surface area contributed by atoms with Crippen LogP contribution in [0.3, 0.4) is 0 Å². The van der Waals surface area contributed by atoms with E-state index in [0.717, 1.165) is 17.1 Å². The normalized spacial score (nSPS) is 9.87. The Morgan fingerprint density at radius 3 is 2.80 bits per heavy atom. The van der Waals surface area contributed by atoms with Crippen molar-refractivity contribution < 1.29 is 0 Å². The molecule has 0 aliphatic carbocycles. The van der Waals surface area contributed by atoms with Crippen LogP contribution in [0, 0.1) is 11.3 Å². The summed E-state index contributed by atoms with van der Waals surface area (Å²) in [5.74, 6) is 0.745. The van der Waals surface area contributed by atoms with Crippen LogP contribution >= 0.6 is 15.9 Å². The maximum absolute atomic E-state index is 8.60. The van der Waals surface area contributed by atoms with Crippen LogP contribution in [0.1, 0.15) is 5.69 Å². The van der Waals surface area contributed by atoms with E-state index in [9.17, 15) is 0 Å². The smallest absolute Gasteiger partial charge is 0.139 e. The van der Waals surface area contributed by atoms with Gasteiger partial charge in [-0.25, -0.2) is 4.98 Å². The second-order valence-electron chi connectivity index (χ2n) is 2.93. The molecule has 2 aromatic heterocycles. The molecule has 4 nitrogen and oxygen atoms in total. The largest absolute Gasteiger partial charge is 0.340 e. The zero-order chi connectivity index (χ0) is 10.7. The van der Waals surface area contributed by atoms with Gasteiger partial charge in [0.25, 0.3) is 0 Å². The quantitative estimate of drug-likeness (QED) is 0.904. The Hall–Kier alpha value is -1.67. The Morgan fingerprint density at radius 2 is 2.13 bits per heavy atom. The molecule has 0 radical (unpaired) electrons. The molecule has 74 valence electrons. The molecule has 0 atom stereocenters. The van der Waals surface area contributed by atoms with Crippen LogP contribution < -0.4 is 0 Å². The molecule has 0 aromatic carbocycles. The van der Waals surface area contributed by atoms with Crippen LogP contribution in [-0.4, -0.2) is 15.0 Å². The lowest BCUT2D eigenvalue weighted by Crippen LogP contribution is -1.83. The van der Waals surface area contributed by atoms with Crippen molar-refractivity contribution in [3.8, 4) is 17.5 Å². The lowest BCUT2D eigenvalue weighted by atomic mass is 10.2. The average molecular weight is 263 g/mol. The van der Waals surface area contributed by atoms with Crippen molar-refractivity contribution in [2.24, 2.45) is 0 Å². The number of hydrogen-bond acceptors (Lipinski definition) is 3. The van der Waals surface area contributed by atoms with Crippen molar-refractivity contribution in [1.29, 1.82) is 5.26 Å². The van der Waals surface area contributed by atoms with E-state index in [1.807, 2.05) is 12.1 Å². The lowest BCUT2D eigenvalue weighted by Gasteiger charge is -1.93. The first-order chi connectivity index (χ1) is 7.31. The van der Waals surface area contributed by atoms with Crippen molar-refractivity contribution in [1.82, 2.24) is 15.0 Å². The van der Waals surface area contributed by atoms with E-state index in [2.05, 4.69) is 37.0 Å². The fraction of sp³-hybridized carbons (Fsp3) is 0.100. The summed E-state index contributed by atoms with van der Waals surface area (Å²) >= 11 is 3.31. The maximum atomic E-state index is 8.60. The number of hydrogen-bond donors (Lipinski definition) is 1. The Balaban J connectivity index is 2.40. The zero-order valence-electron chi connectivity index (χ0n) is 7.74. The van der Waals surface area contributed by atoms with Gasteiger partial charge in [-0.05, 0) is 28.1 Å². The van der Waals surface area contributed by atoms with E-state index in [0.29, 0.717) is 11.0 Å². The summed E-state index contributed by atoms with van der Waals surface area (Å²) in [5.41, 5.74) is 1.75. The molecular weight excluding hydrogens is 256 g/mol. The van der Waals surface area contributed by atoms with Crippen LogP contribution in [0.15, 0.2) is 29.1 Å². The number of aromatic amines is 1. The predicted octanol–water partition coefficient (Wildman–Crippen LogP) is 2.30. The molecule has 0 saturated carbocycles. The molecule has 2 aromatic rings. The van der Waals surface area contributed by atoms with Gasteiger partial charge in [-0.1, -0.05) is 0 Å². The average Bonchev–Trinajstić information content (AvgIpc) is 2.63. The molecule has 2 heterocycles. The molecule has 0 aliphatic heterocycles. The number of nitrogens with one attached hydrogen (secondary N) is 1. The molecule has 0 amide bonds. The molecule has 5 heteroatoms. The van der Waals surface area contributed by atoms with Crippen molar-refractivity contribution in [2.45, 2.75) is 6.42 Å². The Labute approximate surface area is 95.1 Å². The van der Waals surface area contributed by atoms with E-state index in [1.54, 1.807) is 12.4 Å². The molecule has 0 fully saturated rings. The third kappa shape index (κ3) is 2.05. The van der Waals surface area contributed by atoms with Gasteiger partial charge in [-0.2, -0.15) is 5.26 Å². The number of imidazole rings is 1. The summed E-state index contributed by atoms with van der Waals surface area (Å²) in [4.78, 5) is 11.3. The van der Waals surface area contributed by atoms with E-state index in [1.165, 1.54) is 0 Å². The highest BCUT2D eigenvalue weighted by atomic mass is 79.9. The molecular formula is C10H7BrN4. The minimum absolute atomic E-state index is 0.318. The summed E-state index contributed by atoms with van der Waals surface area (Å²) in [6.45, 7) is 0.